The number of hydrogen-bond acceptors (Lipinski definition) is 3. The molecule has 5 heteroatoms. The van der Waals surface area contributed by atoms with Gasteiger partial charge in [-0.1, -0.05) is 6.08 Å². The lowest BCUT2D eigenvalue weighted by Gasteiger charge is -2.33. The molecule has 2 rings (SSSR count). The first-order valence-electron chi connectivity index (χ1n) is 8.32. The molecule has 2 aliphatic rings. The smallest absolute Gasteiger partial charge is 0.227 e. The van der Waals surface area contributed by atoms with Gasteiger partial charge < -0.3 is 14.5 Å². The summed E-state index contributed by atoms with van der Waals surface area (Å²) < 4.78 is 5.09. The number of rotatable bonds is 7. The van der Waals surface area contributed by atoms with Crippen LogP contribution in [0.3, 0.4) is 0 Å². The number of nitrogens with zero attached hydrogens (tertiary/aromatic N) is 2. The molecule has 0 bridgehead atoms. The fourth-order valence-electron chi connectivity index (χ4n) is 3.49. The van der Waals surface area contributed by atoms with E-state index in [1.165, 1.54) is 6.42 Å². The van der Waals surface area contributed by atoms with Gasteiger partial charge in [-0.15, -0.1) is 6.58 Å². The molecule has 2 heterocycles. The molecule has 2 aliphatic heterocycles. The number of hydrogen-bond donors (Lipinski definition) is 0. The lowest BCUT2D eigenvalue weighted by molar-refractivity contribution is -0.137. The van der Waals surface area contributed by atoms with Crippen LogP contribution in [-0.4, -0.2) is 61.5 Å². The third-order valence-corrected chi connectivity index (χ3v) is 4.80. The van der Waals surface area contributed by atoms with Gasteiger partial charge in [0.15, 0.2) is 0 Å². The number of methoxy groups -OCH3 is 1. The summed E-state index contributed by atoms with van der Waals surface area (Å²) >= 11 is 0. The third kappa shape index (κ3) is 4.32. The Balaban J connectivity index is 1.76. The minimum Gasteiger partial charge on any atom is -0.385 e. The molecule has 0 saturated carbocycles. The average Bonchev–Trinajstić information content (AvgIpc) is 2.89. The molecule has 0 spiro atoms. The molecule has 5 nitrogen and oxygen atoms in total. The quantitative estimate of drug-likeness (QED) is 0.531. The fraction of sp³-hybridized carbons (Fsp3) is 0.765. The van der Waals surface area contributed by atoms with Crippen molar-refractivity contribution in [2.24, 2.45) is 11.8 Å². The summed E-state index contributed by atoms with van der Waals surface area (Å²) in [6, 6.07) is 0. The molecular formula is C17H28N2O3. The molecule has 2 fully saturated rings. The molecule has 0 aromatic carbocycles. The monoisotopic (exact) mass is 308 g/mol. The molecule has 0 aromatic rings. The van der Waals surface area contributed by atoms with E-state index < -0.39 is 0 Å². The highest BCUT2D eigenvalue weighted by Gasteiger charge is 2.36. The van der Waals surface area contributed by atoms with Gasteiger partial charge in [-0.25, -0.2) is 0 Å². The van der Waals surface area contributed by atoms with Crippen LogP contribution >= 0.6 is 0 Å². The summed E-state index contributed by atoms with van der Waals surface area (Å²) in [5.74, 6) is 0.794. The van der Waals surface area contributed by atoms with Crippen LogP contribution in [0, 0.1) is 11.8 Å². The summed E-state index contributed by atoms with van der Waals surface area (Å²) in [6.07, 6.45) is 6.52. The van der Waals surface area contributed by atoms with Gasteiger partial charge in [-0.3, -0.25) is 9.59 Å². The summed E-state index contributed by atoms with van der Waals surface area (Å²) in [5.41, 5.74) is 0. The Labute approximate surface area is 133 Å². The van der Waals surface area contributed by atoms with Gasteiger partial charge in [0.2, 0.25) is 11.8 Å². The highest BCUT2D eigenvalue weighted by Crippen LogP contribution is 2.26. The maximum atomic E-state index is 12.6. The van der Waals surface area contributed by atoms with Crippen LogP contribution in [0.1, 0.15) is 32.1 Å². The third-order valence-electron chi connectivity index (χ3n) is 4.80. The highest BCUT2D eigenvalue weighted by molar-refractivity contribution is 5.89. The van der Waals surface area contributed by atoms with E-state index in [1.807, 2.05) is 4.90 Å². The van der Waals surface area contributed by atoms with Gasteiger partial charge in [-0.2, -0.15) is 0 Å². The molecule has 22 heavy (non-hydrogen) atoms. The minimum atomic E-state index is -0.155. The van der Waals surface area contributed by atoms with Crippen molar-refractivity contribution in [3.63, 3.8) is 0 Å². The molecule has 0 aliphatic carbocycles. The summed E-state index contributed by atoms with van der Waals surface area (Å²) in [4.78, 5) is 28.1. The fourth-order valence-corrected chi connectivity index (χ4v) is 3.49. The molecule has 0 unspecified atom stereocenters. The highest BCUT2D eigenvalue weighted by atomic mass is 16.5. The van der Waals surface area contributed by atoms with E-state index >= 15 is 0 Å². The second kappa shape index (κ2) is 8.32. The van der Waals surface area contributed by atoms with Crippen molar-refractivity contribution in [2.75, 3.05) is 39.9 Å². The van der Waals surface area contributed by atoms with Gasteiger partial charge >= 0.3 is 0 Å². The second-order valence-corrected chi connectivity index (χ2v) is 6.39. The van der Waals surface area contributed by atoms with Crippen molar-refractivity contribution in [1.82, 2.24) is 9.80 Å². The number of ether oxygens (including phenoxy) is 1. The Kier molecular flexibility index (Phi) is 6.43. The van der Waals surface area contributed by atoms with Crippen LogP contribution in [0.2, 0.25) is 0 Å². The molecule has 1 atom stereocenters. The Hall–Kier alpha value is -1.36. The Bertz CT molecular complexity index is 403. The van der Waals surface area contributed by atoms with Crippen LogP contribution in [-0.2, 0) is 14.3 Å². The van der Waals surface area contributed by atoms with E-state index in [2.05, 4.69) is 6.58 Å². The maximum Gasteiger partial charge on any atom is 0.227 e. The zero-order valence-corrected chi connectivity index (χ0v) is 13.6. The van der Waals surface area contributed by atoms with Crippen LogP contribution in [0.4, 0.5) is 0 Å². The molecule has 124 valence electrons. The predicted molar refractivity (Wildman–Crippen MR) is 85.3 cm³/mol. The predicted octanol–water partition coefficient (Wildman–Crippen LogP) is 1.69. The van der Waals surface area contributed by atoms with E-state index in [0.717, 1.165) is 39.0 Å². The summed E-state index contributed by atoms with van der Waals surface area (Å²) in [6.45, 7) is 7.25. The minimum absolute atomic E-state index is 0.0766. The normalized spacial score (nSPS) is 23.1. The maximum absolute atomic E-state index is 12.6. The Morgan fingerprint density at radius 3 is 2.77 bits per heavy atom. The van der Waals surface area contributed by atoms with Gasteiger partial charge in [0.25, 0.3) is 0 Å². The lowest BCUT2D eigenvalue weighted by atomic mass is 9.91. The first-order chi connectivity index (χ1) is 10.7. The number of amides is 2. The first kappa shape index (κ1) is 17.0. The molecule has 2 amide bonds. The van der Waals surface area contributed by atoms with Gasteiger partial charge in [0.1, 0.15) is 0 Å². The summed E-state index contributed by atoms with van der Waals surface area (Å²) in [5, 5.41) is 0. The van der Waals surface area contributed by atoms with Gasteiger partial charge in [0, 0.05) is 46.3 Å². The van der Waals surface area contributed by atoms with Crippen molar-refractivity contribution in [2.45, 2.75) is 32.1 Å². The van der Waals surface area contributed by atoms with Crippen molar-refractivity contribution in [3.05, 3.63) is 12.7 Å². The Morgan fingerprint density at radius 1 is 1.41 bits per heavy atom. The van der Waals surface area contributed by atoms with E-state index in [1.54, 1.807) is 18.1 Å². The van der Waals surface area contributed by atoms with Gasteiger partial charge in [-0.05, 0) is 31.6 Å². The molecule has 0 N–H and O–H groups in total. The standard InChI is InChI=1S/C17H28N2O3/c1-3-8-19-13-15(12-16(19)20)17(21)18-9-6-14(7-10-18)5-4-11-22-2/h3,14-15H,1,4-13H2,2H3/t15-/m1/s1. The van der Waals surface area contributed by atoms with E-state index in [0.29, 0.717) is 25.4 Å². The zero-order valence-electron chi connectivity index (χ0n) is 13.6. The topological polar surface area (TPSA) is 49.9 Å². The molecule has 0 aromatic heterocycles. The largest absolute Gasteiger partial charge is 0.385 e. The van der Waals surface area contributed by atoms with Crippen LogP contribution in [0.5, 0.6) is 0 Å². The van der Waals surface area contributed by atoms with Crippen molar-refractivity contribution >= 4 is 11.8 Å². The lowest BCUT2D eigenvalue weighted by Crippen LogP contribution is -2.42. The van der Waals surface area contributed by atoms with Crippen molar-refractivity contribution < 1.29 is 14.3 Å². The molecule has 2 saturated heterocycles. The van der Waals surface area contributed by atoms with Crippen molar-refractivity contribution in [1.29, 1.82) is 0 Å². The first-order valence-corrected chi connectivity index (χ1v) is 8.32. The average molecular weight is 308 g/mol. The van der Waals surface area contributed by atoms with E-state index in [4.69, 9.17) is 4.74 Å². The number of carbonyl (C=O) groups is 2. The number of carbonyl (C=O) groups excluding carboxylic acids is 2. The van der Waals surface area contributed by atoms with Crippen LogP contribution in [0.15, 0.2) is 12.7 Å². The number of likely N-dealkylation sites (tertiary alicyclic amines) is 2. The molecule has 0 radical (unpaired) electrons. The van der Waals surface area contributed by atoms with Crippen LogP contribution < -0.4 is 0 Å². The van der Waals surface area contributed by atoms with Crippen molar-refractivity contribution in [3.8, 4) is 0 Å². The molecular weight excluding hydrogens is 280 g/mol. The second-order valence-electron chi connectivity index (χ2n) is 6.39. The summed E-state index contributed by atoms with van der Waals surface area (Å²) in [7, 11) is 1.74. The van der Waals surface area contributed by atoms with Gasteiger partial charge in [0.05, 0.1) is 5.92 Å². The Morgan fingerprint density at radius 2 is 2.14 bits per heavy atom. The van der Waals surface area contributed by atoms with E-state index in [-0.39, 0.29) is 17.7 Å². The van der Waals surface area contributed by atoms with E-state index in [9.17, 15) is 9.59 Å². The zero-order chi connectivity index (χ0) is 15.9. The van der Waals surface area contributed by atoms with Crippen LogP contribution in [0.25, 0.3) is 0 Å². The number of piperidine rings is 1. The SMILES string of the molecule is C=CCN1C[C@H](C(=O)N2CCC(CCCOC)CC2)CC1=O.